The highest BCUT2D eigenvalue weighted by Gasteiger charge is 2.30. The van der Waals surface area contributed by atoms with E-state index in [1.54, 1.807) is 12.4 Å². The quantitative estimate of drug-likeness (QED) is 0.570. The van der Waals surface area contributed by atoms with Crippen LogP contribution in [0.4, 0.5) is 5.82 Å². The van der Waals surface area contributed by atoms with E-state index >= 15 is 0 Å². The molecule has 2 N–H and O–H groups in total. The zero-order valence-corrected chi connectivity index (χ0v) is 19.6. The normalized spacial score (nSPS) is 18.1. The molecular weight excluding hydrogens is 450 g/mol. The molecule has 1 fully saturated rings. The fourth-order valence-electron chi connectivity index (χ4n) is 4.53. The van der Waals surface area contributed by atoms with Crippen LogP contribution in [0.1, 0.15) is 53.8 Å². The SMILES string of the molecule is CC(=O)c1c(C2CCS(=O)(=O)CC2)nc2c(-c3ccc(C4=CC=CCC=C4)nc3)cnn2c1N. The number of sulfone groups is 1. The first-order valence-corrected chi connectivity index (χ1v) is 13.0. The van der Waals surface area contributed by atoms with E-state index in [1.165, 1.54) is 11.4 Å². The topological polar surface area (TPSA) is 120 Å². The van der Waals surface area contributed by atoms with E-state index in [1.807, 2.05) is 24.3 Å². The van der Waals surface area contributed by atoms with Crippen molar-refractivity contribution >= 4 is 32.7 Å². The molecule has 0 aromatic carbocycles. The number of Topliss-reactive ketones (excluding diaryl/α,β-unsaturated/α-hetero) is 1. The molecule has 9 heteroatoms. The summed E-state index contributed by atoms with van der Waals surface area (Å²) in [6, 6.07) is 3.92. The lowest BCUT2D eigenvalue weighted by atomic mass is 9.93. The van der Waals surface area contributed by atoms with Gasteiger partial charge in [0.1, 0.15) is 15.7 Å². The van der Waals surface area contributed by atoms with Crippen molar-refractivity contribution in [1.29, 1.82) is 0 Å². The summed E-state index contributed by atoms with van der Waals surface area (Å²) in [6.45, 7) is 1.45. The maximum atomic E-state index is 12.5. The van der Waals surface area contributed by atoms with E-state index in [9.17, 15) is 13.2 Å². The minimum atomic E-state index is -3.05. The summed E-state index contributed by atoms with van der Waals surface area (Å²) in [5, 5.41) is 4.39. The Morgan fingerprint density at radius 1 is 1.15 bits per heavy atom. The van der Waals surface area contributed by atoms with Gasteiger partial charge in [-0.1, -0.05) is 36.4 Å². The summed E-state index contributed by atoms with van der Waals surface area (Å²) in [5.74, 6) is 0.0202. The molecule has 1 saturated heterocycles. The van der Waals surface area contributed by atoms with Crippen molar-refractivity contribution in [2.24, 2.45) is 0 Å². The summed E-state index contributed by atoms with van der Waals surface area (Å²) in [4.78, 5) is 22.0. The summed E-state index contributed by atoms with van der Waals surface area (Å²) in [5.41, 5.74) is 11.3. The van der Waals surface area contributed by atoms with E-state index < -0.39 is 9.84 Å². The van der Waals surface area contributed by atoms with Crippen LogP contribution in [-0.4, -0.2) is 45.3 Å². The summed E-state index contributed by atoms with van der Waals surface area (Å²) >= 11 is 0. The van der Waals surface area contributed by atoms with E-state index in [4.69, 9.17) is 10.7 Å². The number of carbonyl (C=O) groups is 1. The van der Waals surface area contributed by atoms with Crippen molar-refractivity contribution < 1.29 is 13.2 Å². The molecule has 0 spiro atoms. The van der Waals surface area contributed by atoms with Crippen molar-refractivity contribution in [2.45, 2.75) is 32.1 Å². The van der Waals surface area contributed by atoms with Crippen molar-refractivity contribution in [3.05, 3.63) is 71.9 Å². The second-order valence-electron chi connectivity index (χ2n) is 8.65. The Balaban J connectivity index is 1.58. The van der Waals surface area contributed by atoms with Crippen molar-refractivity contribution in [3.8, 4) is 11.1 Å². The third kappa shape index (κ3) is 4.07. The Morgan fingerprint density at radius 2 is 1.94 bits per heavy atom. The minimum Gasteiger partial charge on any atom is -0.383 e. The second kappa shape index (κ2) is 8.64. The van der Waals surface area contributed by atoms with Crippen LogP contribution in [0.25, 0.3) is 22.3 Å². The number of nitrogens with zero attached hydrogens (tertiary/aromatic N) is 4. The highest BCUT2D eigenvalue weighted by atomic mass is 32.2. The second-order valence-corrected chi connectivity index (χ2v) is 11.0. The highest BCUT2D eigenvalue weighted by Crippen LogP contribution is 2.35. The van der Waals surface area contributed by atoms with Gasteiger partial charge in [-0.05, 0) is 37.8 Å². The van der Waals surface area contributed by atoms with E-state index in [2.05, 4.69) is 28.3 Å². The number of carbonyl (C=O) groups excluding carboxylic acids is 1. The number of hydrogen-bond donors (Lipinski definition) is 1. The Bertz CT molecular complexity index is 1470. The standard InChI is InChI=1S/C25H25N5O3S/c1-16(31)22-23(18-10-12-34(32,33)13-11-18)29-25-20(15-28-30(25)24(22)26)19-8-9-21(27-14-19)17-6-4-2-3-5-7-17/h2,4-9,14-15,18H,3,10-13,26H2,1H3. The predicted molar refractivity (Wildman–Crippen MR) is 132 cm³/mol. The van der Waals surface area contributed by atoms with Gasteiger partial charge in [-0.25, -0.2) is 13.4 Å². The van der Waals surface area contributed by atoms with Gasteiger partial charge in [-0.2, -0.15) is 9.61 Å². The molecule has 0 atom stereocenters. The number of pyridine rings is 1. The van der Waals surface area contributed by atoms with Gasteiger partial charge in [0.05, 0.1) is 34.7 Å². The fraction of sp³-hybridized carbons (Fsp3) is 0.280. The van der Waals surface area contributed by atoms with Gasteiger partial charge < -0.3 is 5.73 Å². The molecule has 3 aromatic heterocycles. The number of aromatic nitrogens is 4. The number of fused-ring (bicyclic) bond motifs is 1. The van der Waals surface area contributed by atoms with Crippen LogP contribution in [0.3, 0.4) is 0 Å². The number of nitrogens with two attached hydrogens (primary N) is 1. The van der Waals surface area contributed by atoms with Gasteiger partial charge in [0.25, 0.3) is 0 Å². The van der Waals surface area contributed by atoms with E-state index in [0.29, 0.717) is 29.7 Å². The average Bonchev–Trinajstić information content (AvgIpc) is 3.05. The third-order valence-corrected chi connectivity index (χ3v) is 8.07. The highest BCUT2D eigenvalue weighted by molar-refractivity contribution is 7.91. The lowest BCUT2D eigenvalue weighted by Gasteiger charge is -2.24. The number of allylic oxidation sites excluding steroid dienone is 6. The molecule has 0 unspecified atom stereocenters. The lowest BCUT2D eigenvalue weighted by Crippen LogP contribution is -2.25. The smallest absolute Gasteiger partial charge is 0.165 e. The maximum absolute atomic E-state index is 12.5. The number of anilines is 1. The molecule has 0 amide bonds. The molecule has 174 valence electrons. The Hall–Kier alpha value is -3.59. The fourth-order valence-corrected chi connectivity index (χ4v) is 6.02. The lowest BCUT2D eigenvalue weighted by molar-refractivity contribution is 0.101. The summed E-state index contributed by atoms with van der Waals surface area (Å²) in [7, 11) is -3.05. The van der Waals surface area contributed by atoms with Crippen LogP contribution in [-0.2, 0) is 9.84 Å². The van der Waals surface area contributed by atoms with E-state index in [0.717, 1.165) is 28.8 Å². The molecule has 2 aliphatic rings. The summed E-state index contributed by atoms with van der Waals surface area (Å²) in [6.07, 6.45) is 15.5. The number of rotatable bonds is 4. The van der Waals surface area contributed by atoms with Gasteiger partial charge >= 0.3 is 0 Å². The molecule has 3 aromatic rings. The Labute approximate surface area is 197 Å². The van der Waals surface area contributed by atoms with Gasteiger partial charge in [-0.15, -0.1) is 0 Å². The molecule has 1 aliphatic heterocycles. The average molecular weight is 476 g/mol. The van der Waals surface area contributed by atoms with Crippen LogP contribution in [0.15, 0.2) is 54.9 Å². The van der Waals surface area contributed by atoms with Crippen LogP contribution in [0.2, 0.25) is 0 Å². The molecule has 4 heterocycles. The van der Waals surface area contributed by atoms with Gasteiger partial charge in [0.15, 0.2) is 11.4 Å². The first kappa shape index (κ1) is 22.2. The largest absolute Gasteiger partial charge is 0.383 e. The summed E-state index contributed by atoms with van der Waals surface area (Å²) < 4.78 is 25.4. The Morgan fingerprint density at radius 3 is 2.65 bits per heavy atom. The van der Waals surface area contributed by atoms with Crippen LogP contribution < -0.4 is 5.73 Å². The van der Waals surface area contributed by atoms with Crippen molar-refractivity contribution in [2.75, 3.05) is 17.2 Å². The van der Waals surface area contributed by atoms with Crippen LogP contribution >= 0.6 is 0 Å². The molecule has 0 radical (unpaired) electrons. The molecule has 8 nitrogen and oxygen atoms in total. The first-order chi connectivity index (χ1) is 16.3. The number of ketones is 1. The molecule has 0 bridgehead atoms. The zero-order chi connectivity index (χ0) is 23.9. The molecular formula is C25H25N5O3S. The molecule has 34 heavy (non-hydrogen) atoms. The zero-order valence-electron chi connectivity index (χ0n) is 18.8. The first-order valence-electron chi connectivity index (χ1n) is 11.2. The maximum Gasteiger partial charge on any atom is 0.165 e. The van der Waals surface area contributed by atoms with Crippen molar-refractivity contribution in [3.63, 3.8) is 0 Å². The van der Waals surface area contributed by atoms with Gasteiger partial charge in [0, 0.05) is 23.2 Å². The van der Waals surface area contributed by atoms with Gasteiger partial charge in [-0.3, -0.25) is 9.78 Å². The monoisotopic (exact) mass is 475 g/mol. The van der Waals surface area contributed by atoms with Gasteiger partial charge in [0.2, 0.25) is 0 Å². The van der Waals surface area contributed by atoms with E-state index in [-0.39, 0.29) is 29.0 Å². The van der Waals surface area contributed by atoms with Crippen LogP contribution in [0, 0.1) is 0 Å². The number of nitrogen functional groups attached to an aromatic ring is 1. The third-order valence-electron chi connectivity index (χ3n) is 6.36. The molecule has 1 aliphatic carbocycles. The minimum absolute atomic E-state index is 0.0821. The Kier molecular flexibility index (Phi) is 5.65. The predicted octanol–water partition coefficient (Wildman–Crippen LogP) is 3.77. The molecule has 5 rings (SSSR count). The number of hydrogen-bond acceptors (Lipinski definition) is 7. The van der Waals surface area contributed by atoms with Crippen molar-refractivity contribution in [1.82, 2.24) is 19.6 Å². The molecule has 0 saturated carbocycles. The van der Waals surface area contributed by atoms with Crippen LogP contribution in [0.5, 0.6) is 0 Å².